The molecule has 0 aliphatic heterocycles. The molecule has 20 heavy (non-hydrogen) atoms. The van der Waals surface area contributed by atoms with Gasteiger partial charge in [-0.05, 0) is 30.5 Å². The topological polar surface area (TPSA) is 57.6 Å². The molecule has 0 fully saturated rings. The fraction of sp³-hybridized carbons (Fsp3) is 0.467. The van der Waals surface area contributed by atoms with Crippen molar-refractivity contribution in [3.8, 4) is 0 Å². The molecule has 0 aliphatic rings. The number of anilines is 1. The Labute approximate surface area is 124 Å². The highest BCUT2D eigenvalue weighted by Gasteiger charge is 2.19. The van der Waals surface area contributed by atoms with E-state index in [0.717, 1.165) is 5.56 Å². The number of rotatable bonds is 6. The number of hydrogen-bond acceptors (Lipinski definition) is 2. The lowest BCUT2D eigenvalue weighted by Crippen LogP contribution is -2.34. The fourth-order valence-electron chi connectivity index (χ4n) is 1.92. The Kier molecular flexibility index (Phi) is 6.02. The van der Waals surface area contributed by atoms with Gasteiger partial charge >= 0.3 is 5.97 Å². The molecular formula is C15H20ClNO3. The number of carbonyl (C=O) groups excluding carboxylic acids is 1. The van der Waals surface area contributed by atoms with Gasteiger partial charge in [-0.1, -0.05) is 31.5 Å². The minimum Gasteiger partial charge on any atom is -0.481 e. The van der Waals surface area contributed by atoms with E-state index in [1.807, 2.05) is 26.8 Å². The molecule has 0 heterocycles. The third kappa shape index (κ3) is 4.85. The molecule has 0 radical (unpaired) electrons. The summed E-state index contributed by atoms with van der Waals surface area (Å²) in [6, 6.07) is 5.29. The first-order valence-electron chi connectivity index (χ1n) is 6.59. The zero-order valence-corrected chi connectivity index (χ0v) is 12.8. The molecule has 1 amide bonds. The zero-order valence-electron chi connectivity index (χ0n) is 12.0. The Bertz CT molecular complexity index is 500. The van der Waals surface area contributed by atoms with Gasteiger partial charge in [0.15, 0.2) is 0 Å². The van der Waals surface area contributed by atoms with Crippen molar-refractivity contribution in [1.29, 1.82) is 0 Å². The van der Waals surface area contributed by atoms with Crippen LogP contribution < -0.4 is 4.90 Å². The van der Waals surface area contributed by atoms with Crippen LogP contribution in [0.3, 0.4) is 0 Å². The van der Waals surface area contributed by atoms with E-state index in [2.05, 4.69) is 0 Å². The van der Waals surface area contributed by atoms with Crippen molar-refractivity contribution in [3.05, 3.63) is 28.8 Å². The minimum atomic E-state index is -0.924. The summed E-state index contributed by atoms with van der Waals surface area (Å²) in [5, 5.41) is 9.36. The Morgan fingerprint density at radius 3 is 2.55 bits per heavy atom. The van der Waals surface area contributed by atoms with E-state index < -0.39 is 5.97 Å². The second-order valence-electron chi connectivity index (χ2n) is 5.22. The normalized spacial score (nSPS) is 10.7. The standard InChI is InChI=1S/C15H20ClNO3/c1-10(2)8-14(18)17(7-6-15(19)20)13-9-12(16)5-4-11(13)3/h4-5,9-10H,6-8H2,1-3H3,(H,19,20). The van der Waals surface area contributed by atoms with Crippen LogP contribution >= 0.6 is 11.6 Å². The van der Waals surface area contributed by atoms with Gasteiger partial charge < -0.3 is 10.0 Å². The van der Waals surface area contributed by atoms with Gasteiger partial charge in [0, 0.05) is 23.7 Å². The van der Waals surface area contributed by atoms with Crippen molar-refractivity contribution in [1.82, 2.24) is 0 Å². The fourth-order valence-corrected chi connectivity index (χ4v) is 2.09. The Morgan fingerprint density at radius 1 is 1.35 bits per heavy atom. The highest BCUT2D eigenvalue weighted by Crippen LogP contribution is 2.25. The second-order valence-corrected chi connectivity index (χ2v) is 5.65. The highest BCUT2D eigenvalue weighted by atomic mass is 35.5. The Hall–Kier alpha value is -1.55. The second kappa shape index (κ2) is 7.29. The maximum absolute atomic E-state index is 12.3. The summed E-state index contributed by atoms with van der Waals surface area (Å²) >= 11 is 5.98. The third-order valence-corrected chi connectivity index (χ3v) is 3.13. The van der Waals surface area contributed by atoms with Crippen LogP contribution in [0.4, 0.5) is 5.69 Å². The van der Waals surface area contributed by atoms with Crippen LogP contribution in [0, 0.1) is 12.8 Å². The summed E-state index contributed by atoms with van der Waals surface area (Å²) in [5.74, 6) is -0.784. The molecule has 1 aromatic carbocycles. The molecule has 0 spiro atoms. The van der Waals surface area contributed by atoms with Crippen LogP contribution in [0.5, 0.6) is 0 Å². The predicted octanol–water partition coefficient (Wildman–Crippen LogP) is 3.50. The lowest BCUT2D eigenvalue weighted by atomic mass is 10.1. The number of amides is 1. The summed E-state index contributed by atoms with van der Waals surface area (Å²) < 4.78 is 0. The van der Waals surface area contributed by atoms with E-state index in [4.69, 9.17) is 16.7 Å². The maximum Gasteiger partial charge on any atom is 0.305 e. The molecule has 0 bridgehead atoms. The molecule has 5 heteroatoms. The van der Waals surface area contributed by atoms with Gasteiger partial charge in [0.1, 0.15) is 0 Å². The average molecular weight is 298 g/mol. The monoisotopic (exact) mass is 297 g/mol. The first kappa shape index (κ1) is 16.5. The predicted molar refractivity (Wildman–Crippen MR) is 80.2 cm³/mol. The van der Waals surface area contributed by atoms with E-state index in [9.17, 15) is 9.59 Å². The van der Waals surface area contributed by atoms with E-state index >= 15 is 0 Å². The van der Waals surface area contributed by atoms with E-state index in [0.29, 0.717) is 17.1 Å². The molecule has 0 aliphatic carbocycles. The number of carboxylic acid groups (broad SMARTS) is 1. The van der Waals surface area contributed by atoms with Crippen molar-refractivity contribution in [2.45, 2.75) is 33.6 Å². The zero-order chi connectivity index (χ0) is 15.3. The number of benzene rings is 1. The number of carbonyl (C=O) groups is 2. The molecular weight excluding hydrogens is 278 g/mol. The van der Waals surface area contributed by atoms with Crippen LogP contribution in [0.25, 0.3) is 0 Å². The summed E-state index contributed by atoms with van der Waals surface area (Å²) in [5.41, 5.74) is 1.58. The number of halogens is 1. The highest BCUT2D eigenvalue weighted by molar-refractivity contribution is 6.31. The van der Waals surface area contributed by atoms with Gasteiger partial charge in [0.25, 0.3) is 0 Å². The third-order valence-electron chi connectivity index (χ3n) is 2.90. The number of carboxylic acids is 1. The van der Waals surface area contributed by atoms with Gasteiger partial charge in [0.2, 0.25) is 5.91 Å². The Morgan fingerprint density at radius 2 is 2.00 bits per heavy atom. The number of aryl methyl sites for hydroxylation is 1. The lowest BCUT2D eigenvalue weighted by molar-refractivity contribution is -0.136. The molecule has 0 atom stereocenters. The largest absolute Gasteiger partial charge is 0.481 e. The van der Waals surface area contributed by atoms with Crippen molar-refractivity contribution in [2.24, 2.45) is 5.92 Å². The molecule has 4 nitrogen and oxygen atoms in total. The number of hydrogen-bond donors (Lipinski definition) is 1. The number of nitrogens with zero attached hydrogens (tertiary/aromatic N) is 1. The van der Waals surface area contributed by atoms with Gasteiger partial charge in [0.05, 0.1) is 6.42 Å². The Balaban J connectivity index is 3.05. The minimum absolute atomic E-state index is 0.0772. The van der Waals surface area contributed by atoms with Crippen LogP contribution in [-0.2, 0) is 9.59 Å². The quantitative estimate of drug-likeness (QED) is 0.874. The van der Waals surface area contributed by atoms with Crippen molar-refractivity contribution < 1.29 is 14.7 Å². The molecule has 1 rings (SSSR count). The van der Waals surface area contributed by atoms with Crippen LogP contribution in [0.2, 0.25) is 5.02 Å². The van der Waals surface area contributed by atoms with Gasteiger partial charge in [-0.3, -0.25) is 9.59 Å². The summed E-state index contributed by atoms with van der Waals surface area (Å²) in [6.07, 6.45) is 0.293. The molecule has 1 N–H and O–H groups in total. The molecule has 0 aromatic heterocycles. The molecule has 0 saturated carbocycles. The smallest absolute Gasteiger partial charge is 0.305 e. The van der Waals surface area contributed by atoms with Crippen molar-refractivity contribution >= 4 is 29.2 Å². The van der Waals surface area contributed by atoms with Crippen molar-refractivity contribution in [2.75, 3.05) is 11.4 Å². The van der Waals surface area contributed by atoms with Crippen molar-refractivity contribution in [3.63, 3.8) is 0 Å². The lowest BCUT2D eigenvalue weighted by Gasteiger charge is -2.25. The summed E-state index contributed by atoms with van der Waals surface area (Å²) in [4.78, 5) is 24.6. The van der Waals surface area contributed by atoms with Gasteiger partial charge in [-0.2, -0.15) is 0 Å². The van der Waals surface area contributed by atoms with E-state index in [1.54, 1.807) is 12.1 Å². The van der Waals surface area contributed by atoms with Gasteiger partial charge in [-0.15, -0.1) is 0 Å². The van der Waals surface area contributed by atoms with Crippen LogP contribution in [0.15, 0.2) is 18.2 Å². The maximum atomic E-state index is 12.3. The van der Waals surface area contributed by atoms with Crippen LogP contribution in [0.1, 0.15) is 32.3 Å². The summed E-state index contributed by atoms with van der Waals surface area (Å²) in [7, 11) is 0. The molecule has 0 unspecified atom stereocenters. The molecule has 0 saturated heterocycles. The average Bonchev–Trinajstić information content (AvgIpc) is 2.32. The van der Waals surface area contributed by atoms with E-state index in [1.165, 1.54) is 4.90 Å². The van der Waals surface area contributed by atoms with Gasteiger partial charge in [-0.25, -0.2) is 0 Å². The van der Waals surface area contributed by atoms with E-state index in [-0.39, 0.29) is 24.8 Å². The molecule has 110 valence electrons. The van der Waals surface area contributed by atoms with Crippen LogP contribution in [-0.4, -0.2) is 23.5 Å². The SMILES string of the molecule is Cc1ccc(Cl)cc1N(CCC(=O)O)C(=O)CC(C)C. The first-order valence-corrected chi connectivity index (χ1v) is 6.97. The first-order chi connectivity index (χ1) is 9.31. The number of aliphatic carboxylic acids is 1. The molecule has 1 aromatic rings. The summed E-state index contributed by atoms with van der Waals surface area (Å²) in [6.45, 7) is 5.94.